The Morgan fingerprint density at radius 1 is 1.15 bits per heavy atom. The summed E-state index contributed by atoms with van der Waals surface area (Å²) in [5, 5.41) is 5.92. The molecule has 1 amide bonds. The first-order chi connectivity index (χ1) is 12.7. The molecule has 1 atom stereocenters. The fourth-order valence-corrected chi connectivity index (χ4v) is 2.72. The summed E-state index contributed by atoms with van der Waals surface area (Å²) in [5.74, 6) is 1.39. The van der Waals surface area contributed by atoms with Gasteiger partial charge in [0.25, 0.3) is 0 Å². The fraction of sp³-hybridized carbons (Fsp3) is 0.350. The second kappa shape index (κ2) is 9.10. The number of nitrogens with one attached hydrogen (secondary N) is 2. The van der Waals surface area contributed by atoms with E-state index < -0.39 is 0 Å². The average molecular weight is 356 g/mol. The molecule has 1 heterocycles. The van der Waals surface area contributed by atoms with Crippen molar-refractivity contribution in [3.63, 3.8) is 0 Å². The van der Waals surface area contributed by atoms with Gasteiger partial charge in [-0.3, -0.25) is 4.79 Å². The Bertz CT molecular complexity index is 712. The van der Waals surface area contributed by atoms with Gasteiger partial charge >= 0.3 is 0 Å². The highest BCUT2D eigenvalue weighted by molar-refractivity contribution is 5.93. The van der Waals surface area contributed by atoms with Crippen LogP contribution < -0.4 is 20.1 Å². The number of hydrogen-bond acceptors (Lipinski definition) is 5. The third-order valence-corrected chi connectivity index (χ3v) is 4.12. The van der Waals surface area contributed by atoms with E-state index in [1.165, 1.54) is 0 Å². The highest BCUT2D eigenvalue weighted by Crippen LogP contribution is 2.19. The van der Waals surface area contributed by atoms with Crippen LogP contribution >= 0.6 is 0 Å². The molecule has 26 heavy (non-hydrogen) atoms. The normalized spacial score (nSPS) is 16.1. The van der Waals surface area contributed by atoms with Crippen LogP contribution in [0.15, 0.2) is 48.5 Å². The van der Waals surface area contributed by atoms with Crippen LogP contribution in [0.2, 0.25) is 0 Å². The van der Waals surface area contributed by atoms with E-state index in [2.05, 4.69) is 10.6 Å². The maximum atomic E-state index is 12.1. The molecule has 0 spiro atoms. The first-order valence-corrected chi connectivity index (χ1v) is 8.75. The molecule has 1 fully saturated rings. The zero-order chi connectivity index (χ0) is 18.2. The van der Waals surface area contributed by atoms with Gasteiger partial charge in [-0.1, -0.05) is 6.07 Å². The van der Waals surface area contributed by atoms with Crippen molar-refractivity contribution < 1.29 is 19.0 Å². The molecule has 2 N–H and O–H groups in total. The molecule has 0 radical (unpaired) electrons. The summed E-state index contributed by atoms with van der Waals surface area (Å²) in [7, 11) is 1.61. The average Bonchev–Trinajstić information content (AvgIpc) is 3.20. The molecule has 6 nitrogen and oxygen atoms in total. The number of anilines is 2. The molecule has 0 aromatic heterocycles. The molecule has 138 valence electrons. The monoisotopic (exact) mass is 356 g/mol. The summed E-state index contributed by atoms with van der Waals surface area (Å²) in [6, 6.07) is 14.8. The fourth-order valence-electron chi connectivity index (χ4n) is 2.72. The number of hydrogen-bond donors (Lipinski definition) is 2. The van der Waals surface area contributed by atoms with Gasteiger partial charge in [0.2, 0.25) is 5.91 Å². The lowest BCUT2D eigenvalue weighted by molar-refractivity contribution is -0.114. The molecule has 1 saturated heterocycles. The Morgan fingerprint density at radius 2 is 2.00 bits per heavy atom. The maximum Gasteiger partial charge on any atom is 0.243 e. The van der Waals surface area contributed by atoms with Crippen LogP contribution in [-0.4, -0.2) is 38.9 Å². The Balaban J connectivity index is 1.43. The van der Waals surface area contributed by atoms with Crippen molar-refractivity contribution in [1.29, 1.82) is 0 Å². The smallest absolute Gasteiger partial charge is 0.243 e. The van der Waals surface area contributed by atoms with E-state index in [0.29, 0.717) is 6.61 Å². The number of carbonyl (C=O) groups excluding carboxylic acids is 1. The van der Waals surface area contributed by atoms with Crippen LogP contribution in [-0.2, 0) is 9.53 Å². The van der Waals surface area contributed by atoms with Gasteiger partial charge in [0.05, 0.1) is 19.8 Å². The molecule has 0 bridgehead atoms. The number of carbonyl (C=O) groups is 1. The Labute approximate surface area is 153 Å². The van der Waals surface area contributed by atoms with Crippen LogP contribution in [0.25, 0.3) is 0 Å². The van der Waals surface area contributed by atoms with Crippen LogP contribution in [0.4, 0.5) is 11.4 Å². The molecular formula is C20H24N2O4. The van der Waals surface area contributed by atoms with Gasteiger partial charge in [-0.15, -0.1) is 0 Å². The molecule has 6 heteroatoms. The molecule has 0 saturated carbocycles. The third-order valence-electron chi connectivity index (χ3n) is 4.12. The van der Waals surface area contributed by atoms with E-state index in [9.17, 15) is 4.79 Å². The van der Waals surface area contributed by atoms with Gasteiger partial charge in [0.15, 0.2) is 0 Å². The molecule has 2 aromatic carbocycles. The zero-order valence-corrected chi connectivity index (χ0v) is 14.9. The van der Waals surface area contributed by atoms with Crippen molar-refractivity contribution in [3.8, 4) is 11.5 Å². The van der Waals surface area contributed by atoms with E-state index in [1.807, 2.05) is 48.5 Å². The van der Waals surface area contributed by atoms with Crippen LogP contribution in [0.5, 0.6) is 11.5 Å². The summed E-state index contributed by atoms with van der Waals surface area (Å²) < 4.78 is 16.4. The van der Waals surface area contributed by atoms with Crippen molar-refractivity contribution >= 4 is 17.3 Å². The third kappa shape index (κ3) is 5.39. The van der Waals surface area contributed by atoms with E-state index in [0.717, 1.165) is 42.3 Å². The number of benzene rings is 2. The van der Waals surface area contributed by atoms with Crippen LogP contribution in [0, 0.1) is 0 Å². The first kappa shape index (κ1) is 18.1. The van der Waals surface area contributed by atoms with Gasteiger partial charge in [-0.05, 0) is 49.2 Å². The van der Waals surface area contributed by atoms with E-state index >= 15 is 0 Å². The Kier molecular flexibility index (Phi) is 6.33. The quantitative estimate of drug-likeness (QED) is 0.759. The lowest BCUT2D eigenvalue weighted by Crippen LogP contribution is -2.21. The van der Waals surface area contributed by atoms with Gasteiger partial charge in [-0.25, -0.2) is 0 Å². The van der Waals surface area contributed by atoms with Crippen LogP contribution in [0.1, 0.15) is 12.8 Å². The van der Waals surface area contributed by atoms with E-state index in [-0.39, 0.29) is 18.6 Å². The predicted molar refractivity (Wildman–Crippen MR) is 101 cm³/mol. The van der Waals surface area contributed by atoms with E-state index in [4.69, 9.17) is 14.2 Å². The number of ether oxygens (including phenoxy) is 3. The summed E-state index contributed by atoms with van der Waals surface area (Å²) in [5.41, 5.74) is 1.56. The summed E-state index contributed by atoms with van der Waals surface area (Å²) in [6.45, 7) is 1.56. The molecule has 1 unspecified atom stereocenters. The summed E-state index contributed by atoms with van der Waals surface area (Å²) in [6.07, 6.45) is 2.34. The summed E-state index contributed by atoms with van der Waals surface area (Å²) in [4.78, 5) is 12.1. The van der Waals surface area contributed by atoms with Crippen molar-refractivity contribution in [1.82, 2.24) is 0 Å². The van der Waals surface area contributed by atoms with Crippen molar-refractivity contribution in [3.05, 3.63) is 48.5 Å². The standard InChI is InChI=1S/C20H24N2O4/c1-24-18-5-2-4-16(12-18)21-13-20(23)22-15-7-9-17(10-8-15)26-14-19-6-3-11-25-19/h2,4-5,7-10,12,19,21H,3,6,11,13-14H2,1H3,(H,22,23). The minimum Gasteiger partial charge on any atom is -0.497 e. The largest absolute Gasteiger partial charge is 0.497 e. The van der Waals surface area contributed by atoms with Crippen molar-refractivity contribution in [2.24, 2.45) is 0 Å². The van der Waals surface area contributed by atoms with Crippen LogP contribution in [0.3, 0.4) is 0 Å². The Morgan fingerprint density at radius 3 is 2.73 bits per heavy atom. The molecule has 0 aliphatic carbocycles. The van der Waals surface area contributed by atoms with Gasteiger partial charge in [0, 0.05) is 24.0 Å². The minimum atomic E-state index is -0.124. The highest BCUT2D eigenvalue weighted by atomic mass is 16.5. The van der Waals surface area contributed by atoms with Crippen molar-refractivity contribution in [2.45, 2.75) is 18.9 Å². The lowest BCUT2D eigenvalue weighted by atomic mass is 10.2. The SMILES string of the molecule is COc1cccc(NCC(=O)Nc2ccc(OCC3CCCO3)cc2)c1. The molecule has 3 rings (SSSR count). The second-order valence-corrected chi connectivity index (χ2v) is 6.10. The molecule has 2 aromatic rings. The topological polar surface area (TPSA) is 68.8 Å². The van der Waals surface area contributed by atoms with E-state index in [1.54, 1.807) is 7.11 Å². The lowest BCUT2D eigenvalue weighted by Gasteiger charge is -2.12. The van der Waals surface area contributed by atoms with Gasteiger partial charge in [0.1, 0.15) is 18.1 Å². The molecule has 1 aliphatic rings. The highest BCUT2D eigenvalue weighted by Gasteiger charge is 2.15. The molecule has 1 aliphatic heterocycles. The first-order valence-electron chi connectivity index (χ1n) is 8.75. The minimum absolute atomic E-state index is 0.124. The summed E-state index contributed by atoms with van der Waals surface area (Å²) >= 11 is 0. The Hall–Kier alpha value is -2.73. The number of amides is 1. The predicted octanol–water partition coefficient (Wildman–Crippen LogP) is 3.30. The maximum absolute atomic E-state index is 12.1. The molecular weight excluding hydrogens is 332 g/mol. The number of rotatable bonds is 8. The van der Waals surface area contributed by atoms with Crippen molar-refractivity contribution in [2.75, 3.05) is 37.5 Å². The number of methoxy groups -OCH3 is 1. The van der Waals surface area contributed by atoms with Gasteiger partial charge < -0.3 is 24.8 Å². The second-order valence-electron chi connectivity index (χ2n) is 6.10. The zero-order valence-electron chi connectivity index (χ0n) is 14.9. The van der Waals surface area contributed by atoms with Gasteiger partial charge in [-0.2, -0.15) is 0 Å².